The summed E-state index contributed by atoms with van der Waals surface area (Å²) in [5.74, 6) is 0.617. The van der Waals surface area contributed by atoms with E-state index in [9.17, 15) is 9.90 Å². The molecule has 4 nitrogen and oxygen atoms in total. The number of carbonyl (C=O) groups excluding carboxylic acids is 1. The van der Waals surface area contributed by atoms with Gasteiger partial charge >= 0.3 is 0 Å². The molecule has 6 heteroatoms. The van der Waals surface area contributed by atoms with Crippen molar-refractivity contribution in [2.75, 3.05) is 38.5 Å². The lowest BCUT2D eigenvalue weighted by atomic mass is 9.69. The summed E-state index contributed by atoms with van der Waals surface area (Å²) in [7, 11) is 0. The summed E-state index contributed by atoms with van der Waals surface area (Å²) in [6, 6.07) is 7.75. The molecule has 0 saturated carbocycles. The minimum atomic E-state index is -0.107. The number of hydrogen-bond donors (Lipinski definition) is 1. The van der Waals surface area contributed by atoms with Gasteiger partial charge in [-0.1, -0.05) is 18.5 Å². The molecule has 0 aromatic heterocycles. The highest BCUT2D eigenvalue weighted by atomic mass is 35.5. The van der Waals surface area contributed by atoms with Gasteiger partial charge in [0.1, 0.15) is 0 Å². The van der Waals surface area contributed by atoms with Crippen molar-refractivity contribution < 1.29 is 9.90 Å². The van der Waals surface area contributed by atoms with Crippen molar-refractivity contribution in [1.29, 1.82) is 0 Å². The number of aliphatic hydroxyl groups excluding tert-OH is 1. The molecule has 0 aliphatic carbocycles. The van der Waals surface area contributed by atoms with Gasteiger partial charge in [-0.05, 0) is 56.6 Å². The van der Waals surface area contributed by atoms with Crippen LogP contribution in [-0.4, -0.2) is 65.4 Å². The number of carbonyl (C=O) groups is 1. The van der Waals surface area contributed by atoms with Crippen molar-refractivity contribution in [3.8, 4) is 0 Å². The number of likely N-dealkylation sites (N-methyl/N-ethyl adjacent to an activating group) is 1. The summed E-state index contributed by atoms with van der Waals surface area (Å²) in [4.78, 5) is 18.4. The van der Waals surface area contributed by atoms with E-state index in [0.29, 0.717) is 10.8 Å². The molecule has 2 saturated heterocycles. The molecule has 0 bridgehead atoms. The topological polar surface area (TPSA) is 43.8 Å². The molecule has 2 fully saturated rings. The van der Waals surface area contributed by atoms with E-state index in [1.165, 1.54) is 0 Å². The summed E-state index contributed by atoms with van der Waals surface area (Å²) in [6.07, 6.45) is 3.00. The van der Waals surface area contributed by atoms with Crippen LogP contribution >= 0.6 is 23.4 Å². The molecule has 0 radical (unpaired) electrons. The van der Waals surface area contributed by atoms with Crippen LogP contribution in [0.2, 0.25) is 5.02 Å². The fourth-order valence-corrected chi connectivity index (χ4v) is 5.07. The minimum Gasteiger partial charge on any atom is -0.396 e. The summed E-state index contributed by atoms with van der Waals surface area (Å²) in [6.45, 7) is 6.06. The zero-order valence-corrected chi connectivity index (χ0v) is 16.4. The van der Waals surface area contributed by atoms with Gasteiger partial charge in [-0.2, -0.15) is 0 Å². The first-order valence-electron chi connectivity index (χ1n) is 9.09. The Morgan fingerprint density at radius 3 is 2.76 bits per heavy atom. The number of amides is 1. The smallest absolute Gasteiger partial charge is 0.233 e. The maximum absolute atomic E-state index is 12.9. The highest BCUT2D eigenvalue weighted by Gasteiger charge is 2.48. The van der Waals surface area contributed by atoms with Crippen LogP contribution in [0.25, 0.3) is 0 Å². The first kappa shape index (κ1) is 19.0. The Labute approximate surface area is 159 Å². The van der Waals surface area contributed by atoms with E-state index in [0.717, 1.165) is 50.3 Å². The van der Waals surface area contributed by atoms with Crippen molar-refractivity contribution in [1.82, 2.24) is 9.80 Å². The molecule has 1 amide bonds. The van der Waals surface area contributed by atoms with Gasteiger partial charge in [0.15, 0.2) is 0 Å². The fourth-order valence-electron chi connectivity index (χ4n) is 4.16. The van der Waals surface area contributed by atoms with Crippen LogP contribution in [0.15, 0.2) is 29.2 Å². The van der Waals surface area contributed by atoms with Crippen molar-refractivity contribution in [2.24, 2.45) is 5.41 Å². The number of fused-ring (bicyclic) bond motifs is 1. The molecule has 2 heterocycles. The van der Waals surface area contributed by atoms with Crippen LogP contribution in [0.4, 0.5) is 0 Å². The molecule has 1 aromatic rings. The first-order chi connectivity index (χ1) is 12.1. The Hall–Kier alpha value is -0.750. The largest absolute Gasteiger partial charge is 0.396 e. The monoisotopic (exact) mass is 382 g/mol. The van der Waals surface area contributed by atoms with Crippen LogP contribution < -0.4 is 0 Å². The lowest BCUT2D eigenvalue weighted by Crippen LogP contribution is -2.64. The summed E-state index contributed by atoms with van der Waals surface area (Å²) in [5, 5.41) is 10.8. The van der Waals surface area contributed by atoms with Crippen molar-refractivity contribution in [3.05, 3.63) is 29.3 Å². The number of aliphatic hydroxyl groups is 1. The van der Waals surface area contributed by atoms with E-state index >= 15 is 0 Å². The zero-order chi connectivity index (χ0) is 17.9. The molecule has 0 unspecified atom stereocenters. The van der Waals surface area contributed by atoms with Gasteiger partial charge in [0.25, 0.3) is 0 Å². The van der Waals surface area contributed by atoms with E-state index in [1.54, 1.807) is 11.8 Å². The molecular weight excluding hydrogens is 356 g/mol. The Bertz CT molecular complexity index is 598. The van der Waals surface area contributed by atoms with Crippen molar-refractivity contribution >= 4 is 29.3 Å². The summed E-state index contributed by atoms with van der Waals surface area (Å²) < 4.78 is 0. The van der Waals surface area contributed by atoms with E-state index in [-0.39, 0.29) is 24.0 Å². The van der Waals surface area contributed by atoms with E-state index in [1.807, 2.05) is 29.2 Å². The minimum absolute atomic E-state index is 0.107. The second kappa shape index (κ2) is 8.30. The summed E-state index contributed by atoms with van der Waals surface area (Å²) in [5.41, 5.74) is -0.107. The third-order valence-corrected chi connectivity index (χ3v) is 7.02. The van der Waals surface area contributed by atoms with E-state index in [4.69, 9.17) is 11.6 Å². The Morgan fingerprint density at radius 1 is 1.32 bits per heavy atom. The number of thioether (sulfide) groups is 1. The Kier molecular flexibility index (Phi) is 6.31. The third-order valence-electron chi connectivity index (χ3n) is 5.77. The molecule has 2 atom stereocenters. The molecule has 2 aliphatic heterocycles. The lowest BCUT2D eigenvalue weighted by Gasteiger charge is -2.54. The number of benzene rings is 1. The number of rotatable bonds is 5. The quantitative estimate of drug-likeness (QED) is 0.794. The van der Waals surface area contributed by atoms with Crippen LogP contribution in [0, 0.1) is 5.41 Å². The van der Waals surface area contributed by atoms with Crippen LogP contribution in [0.1, 0.15) is 26.2 Å². The Balaban J connectivity index is 1.68. The highest BCUT2D eigenvalue weighted by molar-refractivity contribution is 8.00. The predicted octanol–water partition coefficient (Wildman–Crippen LogP) is 3.13. The number of nitrogens with zero attached hydrogens (tertiary/aromatic N) is 2. The molecule has 0 spiro atoms. The van der Waals surface area contributed by atoms with Crippen molar-refractivity contribution in [3.63, 3.8) is 0 Å². The molecular formula is C19H27ClN2O2S. The number of likely N-dealkylation sites (tertiary alicyclic amines) is 2. The molecule has 138 valence electrons. The molecule has 1 aromatic carbocycles. The fraction of sp³-hybridized carbons (Fsp3) is 0.632. The third kappa shape index (κ3) is 4.16. The van der Waals surface area contributed by atoms with E-state index in [2.05, 4.69) is 11.8 Å². The van der Waals surface area contributed by atoms with Gasteiger partial charge in [0.05, 0.1) is 18.4 Å². The average Bonchev–Trinajstić information content (AvgIpc) is 2.66. The van der Waals surface area contributed by atoms with Gasteiger partial charge in [0.2, 0.25) is 5.91 Å². The van der Waals surface area contributed by atoms with Gasteiger partial charge in [-0.3, -0.25) is 4.79 Å². The standard InChI is InChI=1S/C19H27ClN2O2S/c1-2-21-11-9-19(14-23)8-3-10-22(17(19)12-21)18(24)13-25-16-6-4-15(20)5-7-16/h4-7,17,23H,2-3,8-14H2,1H3/t17-,19-/m1/s1. The molecule has 25 heavy (non-hydrogen) atoms. The van der Waals surface area contributed by atoms with Crippen molar-refractivity contribution in [2.45, 2.75) is 37.1 Å². The van der Waals surface area contributed by atoms with Gasteiger partial charge in [-0.25, -0.2) is 0 Å². The normalized spacial score (nSPS) is 27.2. The van der Waals surface area contributed by atoms with Gasteiger partial charge in [-0.15, -0.1) is 11.8 Å². The molecule has 3 rings (SSSR count). The summed E-state index contributed by atoms with van der Waals surface area (Å²) >= 11 is 7.48. The second-order valence-electron chi connectivity index (χ2n) is 7.11. The maximum Gasteiger partial charge on any atom is 0.233 e. The van der Waals surface area contributed by atoms with E-state index < -0.39 is 0 Å². The van der Waals surface area contributed by atoms with Crippen LogP contribution in [-0.2, 0) is 4.79 Å². The first-order valence-corrected chi connectivity index (χ1v) is 10.5. The number of halogens is 1. The SMILES string of the molecule is CCN1CC[C@@]2(CO)CCCN(C(=O)CSc3ccc(Cl)cc3)[C@@H]2C1. The van der Waals surface area contributed by atoms with Crippen LogP contribution in [0.5, 0.6) is 0 Å². The highest BCUT2D eigenvalue weighted by Crippen LogP contribution is 2.42. The Morgan fingerprint density at radius 2 is 2.08 bits per heavy atom. The predicted molar refractivity (Wildman–Crippen MR) is 103 cm³/mol. The second-order valence-corrected chi connectivity index (χ2v) is 8.60. The molecule has 2 aliphatic rings. The average molecular weight is 383 g/mol. The van der Waals surface area contributed by atoms with Gasteiger partial charge in [0, 0.05) is 28.4 Å². The lowest BCUT2D eigenvalue weighted by molar-refractivity contribution is -0.144. The molecule has 1 N–H and O–H groups in total. The zero-order valence-electron chi connectivity index (χ0n) is 14.8. The number of piperidine rings is 2. The maximum atomic E-state index is 12.9. The number of hydrogen-bond acceptors (Lipinski definition) is 4. The van der Waals surface area contributed by atoms with Gasteiger partial charge < -0.3 is 14.9 Å². The van der Waals surface area contributed by atoms with Crippen LogP contribution in [0.3, 0.4) is 0 Å².